The van der Waals surface area contributed by atoms with Gasteiger partial charge in [-0.3, -0.25) is 4.79 Å². The average Bonchev–Trinajstić information content (AvgIpc) is 2.96. The summed E-state index contributed by atoms with van der Waals surface area (Å²) in [5.74, 6) is 2.05. The van der Waals surface area contributed by atoms with Crippen LogP contribution in [0.2, 0.25) is 0 Å². The highest BCUT2D eigenvalue weighted by Gasteiger charge is 2.29. The quantitative estimate of drug-likeness (QED) is 0.804. The molecule has 1 aromatic heterocycles. The molecule has 0 saturated carbocycles. The van der Waals surface area contributed by atoms with Crippen molar-refractivity contribution in [2.45, 2.75) is 19.4 Å². The van der Waals surface area contributed by atoms with Gasteiger partial charge in [0.1, 0.15) is 11.6 Å². The maximum absolute atomic E-state index is 11.8. The van der Waals surface area contributed by atoms with Gasteiger partial charge in [0.15, 0.2) is 5.82 Å². The topological polar surface area (TPSA) is 66.2 Å². The van der Waals surface area contributed by atoms with Crippen molar-refractivity contribution >= 4 is 5.97 Å². The van der Waals surface area contributed by atoms with E-state index in [1.807, 2.05) is 28.8 Å². The van der Waals surface area contributed by atoms with Gasteiger partial charge in [-0.25, -0.2) is 0 Å². The number of carbonyl (C=O) groups excluding carboxylic acids is 1. The van der Waals surface area contributed by atoms with E-state index in [1.54, 1.807) is 7.11 Å². The Bertz CT molecular complexity index is 666. The van der Waals surface area contributed by atoms with E-state index in [0.717, 1.165) is 35.8 Å². The Morgan fingerprint density at radius 2 is 2.10 bits per heavy atom. The standard InChI is InChI=1S/C15H17N3O3/c1-20-12-6-4-3-5-11(12)14-17-16-13-8-7-10(9-18(13)14)15(19)21-2/h3-6,10H,7-9H2,1-2H3. The van der Waals surface area contributed by atoms with Gasteiger partial charge in [0.25, 0.3) is 0 Å². The third-order valence-corrected chi connectivity index (χ3v) is 3.83. The van der Waals surface area contributed by atoms with E-state index in [0.29, 0.717) is 6.54 Å². The second-order valence-corrected chi connectivity index (χ2v) is 5.01. The first-order valence-corrected chi connectivity index (χ1v) is 6.88. The predicted octanol–water partition coefficient (Wildman–Crippen LogP) is 1.69. The maximum atomic E-state index is 11.8. The molecule has 3 rings (SSSR count). The summed E-state index contributed by atoms with van der Waals surface area (Å²) in [5.41, 5.74) is 0.879. The van der Waals surface area contributed by atoms with Crippen LogP contribution in [0.1, 0.15) is 12.2 Å². The number of nitrogens with zero attached hydrogens (tertiary/aromatic N) is 3. The van der Waals surface area contributed by atoms with E-state index in [4.69, 9.17) is 9.47 Å². The highest BCUT2D eigenvalue weighted by atomic mass is 16.5. The van der Waals surface area contributed by atoms with Crippen LogP contribution in [0.25, 0.3) is 11.4 Å². The van der Waals surface area contributed by atoms with Crippen LogP contribution in [-0.4, -0.2) is 35.0 Å². The van der Waals surface area contributed by atoms with Crippen molar-refractivity contribution in [3.05, 3.63) is 30.1 Å². The number of rotatable bonds is 3. The van der Waals surface area contributed by atoms with Gasteiger partial charge in [0.2, 0.25) is 0 Å². The molecule has 0 fully saturated rings. The van der Waals surface area contributed by atoms with E-state index in [2.05, 4.69) is 10.2 Å². The van der Waals surface area contributed by atoms with Crippen molar-refractivity contribution in [3.63, 3.8) is 0 Å². The molecule has 21 heavy (non-hydrogen) atoms. The van der Waals surface area contributed by atoms with E-state index < -0.39 is 0 Å². The molecular weight excluding hydrogens is 270 g/mol. The monoisotopic (exact) mass is 287 g/mol. The molecule has 6 nitrogen and oxygen atoms in total. The van der Waals surface area contributed by atoms with Crippen molar-refractivity contribution in [2.24, 2.45) is 5.92 Å². The van der Waals surface area contributed by atoms with Gasteiger partial charge in [-0.05, 0) is 18.6 Å². The highest BCUT2D eigenvalue weighted by molar-refractivity contribution is 5.72. The fraction of sp³-hybridized carbons (Fsp3) is 0.400. The number of carbonyl (C=O) groups is 1. The Morgan fingerprint density at radius 1 is 1.29 bits per heavy atom. The predicted molar refractivity (Wildman–Crippen MR) is 75.8 cm³/mol. The van der Waals surface area contributed by atoms with Gasteiger partial charge in [-0.2, -0.15) is 0 Å². The van der Waals surface area contributed by atoms with Crippen LogP contribution < -0.4 is 4.74 Å². The zero-order valence-electron chi connectivity index (χ0n) is 12.1. The Morgan fingerprint density at radius 3 is 2.86 bits per heavy atom. The molecule has 0 spiro atoms. The fourth-order valence-corrected chi connectivity index (χ4v) is 2.71. The average molecular weight is 287 g/mol. The lowest BCUT2D eigenvalue weighted by Crippen LogP contribution is -2.28. The number of aromatic nitrogens is 3. The number of aryl methyl sites for hydroxylation is 1. The summed E-state index contributed by atoms with van der Waals surface area (Å²) in [6.45, 7) is 0.544. The van der Waals surface area contributed by atoms with E-state index in [1.165, 1.54) is 7.11 Å². The third kappa shape index (κ3) is 2.37. The van der Waals surface area contributed by atoms with Crippen LogP contribution in [0, 0.1) is 5.92 Å². The molecule has 1 aromatic carbocycles. The van der Waals surface area contributed by atoms with Crippen LogP contribution in [-0.2, 0) is 22.5 Å². The molecule has 0 amide bonds. The fourth-order valence-electron chi connectivity index (χ4n) is 2.71. The van der Waals surface area contributed by atoms with Gasteiger partial charge in [-0.1, -0.05) is 12.1 Å². The number of hydrogen-bond donors (Lipinski definition) is 0. The zero-order chi connectivity index (χ0) is 14.8. The van der Waals surface area contributed by atoms with Gasteiger partial charge in [0.05, 0.1) is 25.7 Å². The van der Waals surface area contributed by atoms with Gasteiger partial charge < -0.3 is 14.0 Å². The number of methoxy groups -OCH3 is 2. The maximum Gasteiger partial charge on any atom is 0.310 e. The normalized spacial score (nSPS) is 17.1. The molecule has 1 aliphatic rings. The molecule has 0 saturated heterocycles. The van der Waals surface area contributed by atoms with E-state index in [-0.39, 0.29) is 11.9 Å². The van der Waals surface area contributed by atoms with Gasteiger partial charge in [0, 0.05) is 13.0 Å². The molecule has 2 aromatic rings. The van der Waals surface area contributed by atoms with Crippen molar-refractivity contribution < 1.29 is 14.3 Å². The third-order valence-electron chi connectivity index (χ3n) is 3.83. The molecular formula is C15H17N3O3. The highest BCUT2D eigenvalue weighted by Crippen LogP contribution is 2.31. The number of hydrogen-bond acceptors (Lipinski definition) is 5. The lowest BCUT2D eigenvalue weighted by Gasteiger charge is -2.22. The van der Waals surface area contributed by atoms with Gasteiger partial charge in [-0.15, -0.1) is 10.2 Å². The molecule has 0 radical (unpaired) electrons. The number of ether oxygens (including phenoxy) is 2. The minimum absolute atomic E-state index is 0.146. The summed E-state index contributed by atoms with van der Waals surface area (Å²) in [7, 11) is 3.05. The molecule has 1 unspecified atom stereocenters. The lowest BCUT2D eigenvalue weighted by molar-refractivity contribution is -0.146. The largest absolute Gasteiger partial charge is 0.496 e. The molecule has 110 valence electrons. The van der Waals surface area contributed by atoms with Crippen molar-refractivity contribution in [1.82, 2.24) is 14.8 Å². The lowest BCUT2D eigenvalue weighted by atomic mass is 9.99. The minimum Gasteiger partial charge on any atom is -0.496 e. The van der Waals surface area contributed by atoms with Crippen LogP contribution in [0.4, 0.5) is 0 Å². The van der Waals surface area contributed by atoms with Crippen molar-refractivity contribution in [1.29, 1.82) is 0 Å². The smallest absolute Gasteiger partial charge is 0.310 e. The summed E-state index contributed by atoms with van der Waals surface area (Å²) < 4.78 is 12.2. The second-order valence-electron chi connectivity index (χ2n) is 5.01. The summed E-state index contributed by atoms with van der Waals surface area (Å²) in [6.07, 6.45) is 1.47. The van der Waals surface area contributed by atoms with Crippen LogP contribution in [0.5, 0.6) is 5.75 Å². The number of esters is 1. The summed E-state index contributed by atoms with van der Waals surface area (Å²) >= 11 is 0. The number of para-hydroxylation sites is 1. The molecule has 1 aliphatic heterocycles. The summed E-state index contributed by atoms with van der Waals surface area (Å²) in [5, 5.41) is 8.51. The zero-order valence-corrected chi connectivity index (χ0v) is 12.1. The van der Waals surface area contributed by atoms with Crippen LogP contribution in [0.3, 0.4) is 0 Å². The number of fused-ring (bicyclic) bond motifs is 1. The molecule has 2 heterocycles. The van der Waals surface area contributed by atoms with Gasteiger partial charge >= 0.3 is 5.97 Å². The Kier molecular flexibility index (Phi) is 3.60. The Labute approximate surface area is 122 Å². The first-order chi connectivity index (χ1) is 10.2. The van der Waals surface area contributed by atoms with Crippen molar-refractivity contribution in [2.75, 3.05) is 14.2 Å². The van der Waals surface area contributed by atoms with E-state index in [9.17, 15) is 4.79 Å². The Balaban J connectivity index is 2.00. The summed E-state index contributed by atoms with van der Waals surface area (Å²) in [4.78, 5) is 11.8. The Hall–Kier alpha value is -2.37. The second kappa shape index (κ2) is 5.55. The molecule has 0 N–H and O–H groups in total. The molecule has 1 atom stereocenters. The first-order valence-electron chi connectivity index (χ1n) is 6.88. The molecule has 0 bridgehead atoms. The molecule has 0 aliphatic carbocycles. The SMILES string of the molecule is COC(=O)C1CCc2nnc(-c3ccccc3OC)n2C1. The van der Waals surface area contributed by atoms with Crippen LogP contribution >= 0.6 is 0 Å². The van der Waals surface area contributed by atoms with E-state index >= 15 is 0 Å². The van der Waals surface area contributed by atoms with Crippen LogP contribution in [0.15, 0.2) is 24.3 Å². The first kappa shape index (κ1) is 13.6. The number of benzene rings is 1. The minimum atomic E-state index is -0.180. The molecule has 6 heteroatoms. The van der Waals surface area contributed by atoms with Crippen molar-refractivity contribution in [3.8, 4) is 17.1 Å². The summed E-state index contributed by atoms with van der Waals surface area (Å²) in [6, 6.07) is 7.67.